The van der Waals surface area contributed by atoms with Crippen molar-refractivity contribution in [3.05, 3.63) is 132 Å². The molecule has 5 aromatic carbocycles. The van der Waals surface area contributed by atoms with Crippen LogP contribution in [0.3, 0.4) is 0 Å². The zero-order valence-corrected chi connectivity index (χ0v) is 23.5. The van der Waals surface area contributed by atoms with Crippen molar-refractivity contribution in [2.45, 2.75) is 52.4 Å². The molecule has 0 radical (unpaired) electrons. The first kappa shape index (κ1) is 25.7. The third-order valence-electron chi connectivity index (χ3n) is 7.36. The summed E-state index contributed by atoms with van der Waals surface area (Å²) in [5.74, 6) is 0. The number of hydrogen-bond acceptors (Lipinski definition) is 0. The Balaban J connectivity index is 1.65. The van der Waals surface area contributed by atoms with E-state index < -0.39 is 0 Å². The fourth-order valence-corrected chi connectivity index (χ4v) is 4.97. The number of benzene rings is 5. The van der Waals surface area contributed by atoms with Gasteiger partial charge in [0.2, 0.25) is 0 Å². The highest BCUT2D eigenvalue weighted by molar-refractivity contribution is 5.83. The Kier molecular flexibility index (Phi) is 6.84. The Labute approximate surface area is 229 Å². The fraction of sp³-hybridized carbons (Fsp3) is 0.211. The van der Waals surface area contributed by atoms with Crippen LogP contribution in [0.15, 0.2) is 121 Å². The summed E-state index contributed by atoms with van der Waals surface area (Å²) in [5.41, 5.74) is 12.9. The third kappa shape index (κ3) is 5.65. The molecule has 0 nitrogen and oxygen atoms in total. The number of rotatable bonds is 4. The quantitative estimate of drug-likeness (QED) is 0.233. The normalized spacial score (nSPS) is 11.9. The highest BCUT2D eigenvalue weighted by Gasteiger charge is 2.16. The molecule has 190 valence electrons. The molecule has 0 aromatic heterocycles. The van der Waals surface area contributed by atoms with E-state index in [4.69, 9.17) is 0 Å². The maximum absolute atomic E-state index is 2.35. The van der Waals surface area contributed by atoms with Gasteiger partial charge in [0.25, 0.3) is 0 Å². The lowest BCUT2D eigenvalue weighted by Gasteiger charge is -2.20. The van der Waals surface area contributed by atoms with E-state index in [1.807, 2.05) is 0 Å². The summed E-state index contributed by atoms with van der Waals surface area (Å²) in [5, 5.41) is 0. The molecule has 0 saturated heterocycles. The summed E-state index contributed by atoms with van der Waals surface area (Å²) in [6.45, 7) is 13.6. The van der Waals surface area contributed by atoms with Crippen molar-refractivity contribution in [2.75, 3.05) is 0 Å². The molecular weight excluding hydrogens is 456 g/mol. The van der Waals surface area contributed by atoms with Crippen LogP contribution in [-0.4, -0.2) is 0 Å². The molecule has 0 N–H and O–H groups in total. The maximum atomic E-state index is 2.35. The lowest BCUT2D eigenvalue weighted by atomic mass is 9.84. The van der Waals surface area contributed by atoms with E-state index in [1.54, 1.807) is 0 Å². The van der Waals surface area contributed by atoms with Crippen molar-refractivity contribution in [1.82, 2.24) is 0 Å². The lowest BCUT2D eigenvalue weighted by molar-refractivity contribution is 0.590. The Morgan fingerprint density at radius 2 is 0.605 bits per heavy atom. The first-order valence-electron chi connectivity index (χ1n) is 13.6. The predicted octanol–water partition coefficient (Wildman–Crippen LogP) is 10.9. The molecule has 0 heteroatoms. The van der Waals surface area contributed by atoms with Gasteiger partial charge in [-0.25, -0.2) is 0 Å². The van der Waals surface area contributed by atoms with Crippen molar-refractivity contribution in [3.8, 4) is 44.5 Å². The standard InChI is InChI=1S/C38H38/c1-37(2,3)35-19-11-17-30(25-35)28-15-10-16-29(21-28)33-22-32(27-13-8-7-9-14-27)23-34(24-33)31-18-12-20-36(26-31)38(4,5)6/h7-26H,1-6H3. The molecule has 0 saturated carbocycles. The van der Waals surface area contributed by atoms with Gasteiger partial charge in [0.15, 0.2) is 0 Å². The molecule has 0 amide bonds. The van der Waals surface area contributed by atoms with Gasteiger partial charge in [-0.05, 0) is 90.7 Å². The SMILES string of the molecule is CC(C)(C)c1cccc(-c2cccc(-c3cc(-c4ccccc4)cc(-c4cccc(C(C)(C)C)c4)c3)c2)c1. The largest absolute Gasteiger partial charge is 0.0622 e. The Hall–Kier alpha value is -3.90. The van der Waals surface area contributed by atoms with E-state index >= 15 is 0 Å². The van der Waals surface area contributed by atoms with Crippen LogP contribution >= 0.6 is 0 Å². The fourth-order valence-electron chi connectivity index (χ4n) is 4.97. The van der Waals surface area contributed by atoms with Gasteiger partial charge in [0, 0.05) is 0 Å². The third-order valence-corrected chi connectivity index (χ3v) is 7.36. The second-order valence-electron chi connectivity index (χ2n) is 12.4. The summed E-state index contributed by atoms with van der Waals surface area (Å²) in [6, 6.07) is 44.7. The van der Waals surface area contributed by atoms with E-state index in [2.05, 4.69) is 163 Å². The second-order valence-corrected chi connectivity index (χ2v) is 12.4. The molecule has 0 aliphatic heterocycles. The summed E-state index contributed by atoms with van der Waals surface area (Å²) in [4.78, 5) is 0. The van der Waals surface area contributed by atoms with E-state index in [-0.39, 0.29) is 10.8 Å². The van der Waals surface area contributed by atoms with Gasteiger partial charge in [-0.3, -0.25) is 0 Å². The molecule has 0 aliphatic rings. The zero-order valence-electron chi connectivity index (χ0n) is 23.5. The van der Waals surface area contributed by atoms with E-state index in [0.717, 1.165) is 0 Å². The van der Waals surface area contributed by atoms with Crippen molar-refractivity contribution < 1.29 is 0 Å². The topological polar surface area (TPSA) is 0 Å². The molecule has 5 aromatic rings. The van der Waals surface area contributed by atoms with Crippen LogP contribution in [-0.2, 0) is 10.8 Å². The smallest absolute Gasteiger partial charge is 0.0132 e. The summed E-state index contributed by atoms with van der Waals surface area (Å²) in [6.07, 6.45) is 0. The molecule has 0 aliphatic carbocycles. The summed E-state index contributed by atoms with van der Waals surface area (Å²) < 4.78 is 0. The minimum Gasteiger partial charge on any atom is -0.0622 e. The predicted molar refractivity (Wildman–Crippen MR) is 166 cm³/mol. The van der Waals surface area contributed by atoms with E-state index in [0.29, 0.717) is 0 Å². The maximum Gasteiger partial charge on any atom is -0.0132 e. The van der Waals surface area contributed by atoms with Gasteiger partial charge < -0.3 is 0 Å². The zero-order chi connectivity index (χ0) is 26.9. The van der Waals surface area contributed by atoms with E-state index in [9.17, 15) is 0 Å². The van der Waals surface area contributed by atoms with Crippen molar-refractivity contribution in [3.63, 3.8) is 0 Å². The van der Waals surface area contributed by atoms with Gasteiger partial charge in [0.1, 0.15) is 0 Å². The molecule has 0 atom stereocenters. The van der Waals surface area contributed by atoms with E-state index in [1.165, 1.54) is 55.6 Å². The summed E-state index contributed by atoms with van der Waals surface area (Å²) >= 11 is 0. The van der Waals surface area contributed by atoms with Crippen molar-refractivity contribution >= 4 is 0 Å². The monoisotopic (exact) mass is 494 g/mol. The molecular formula is C38H38. The highest BCUT2D eigenvalue weighted by Crippen LogP contribution is 2.36. The Morgan fingerprint density at radius 1 is 0.289 bits per heavy atom. The lowest BCUT2D eigenvalue weighted by Crippen LogP contribution is -2.10. The Bertz CT molecular complexity index is 1560. The van der Waals surface area contributed by atoms with Crippen LogP contribution in [0.25, 0.3) is 44.5 Å². The van der Waals surface area contributed by atoms with Gasteiger partial charge in [-0.2, -0.15) is 0 Å². The molecule has 0 fully saturated rings. The molecule has 0 bridgehead atoms. The van der Waals surface area contributed by atoms with Crippen LogP contribution in [0.1, 0.15) is 52.7 Å². The first-order valence-corrected chi connectivity index (χ1v) is 13.6. The molecule has 0 heterocycles. The van der Waals surface area contributed by atoms with Gasteiger partial charge in [0.05, 0.1) is 0 Å². The minimum atomic E-state index is 0.103. The Morgan fingerprint density at radius 3 is 1.08 bits per heavy atom. The minimum absolute atomic E-state index is 0.103. The molecule has 0 spiro atoms. The average Bonchev–Trinajstić information content (AvgIpc) is 2.92. The highest BCUT2D eigenvalue weighted by atomic mass is 14.2. The average molecular weight is 495 g/mol. The van der Waals surface area contributed by atoms with Crippen LogP contribution in [0.5, 0.6) is 0 Å². The van der Waals surface area contributed by atoms with Crippen LogP contribution < -0.4 is 0 Å². The molecule has 38 heavy (non-hydrogen) atoms. The van der Waals surface area contributed by atoms with Crippen LogP contribution in [0, 0.1) is 0 Å². The molecule has 5 rings (SSSR count). The van der Waals surface area contributed by atoms with Crippen molar-refractivity contribution in [2.24, 2.45) is 0 Å². The first-order chi connectivity index (χ1) is 18.1. The van der Waals surface area contributed by atoms with Crippen molar-refractivity contribution in [1.29, 1.82) is 0 Å². The van der Waals surface area contributed by atoms with Gasteiger partial charge in [-0.1, -0.05) is 139 Å². The second kappa shape index (κ2) is 10.1. The van der Waals surface area contributed by atoms with Crippen LogP contribution in [0.2, 0.25) is 0 Å². The summed E-state index contributed by atoms with van der Waals surface area (Å²) in [7, 11) is 0. The van der Waals surface area contributed by atoms with Gasteiger partial charge in [-0.15, -0.1) is 0 Å². The van der Waals surface area contributed by atoms with Gasteiger partial charge >= 0.3 is 0 Å². The van der Waals surface area contributed by atoms with Crippen LogP contribution in [0.4, 0.5) is 0 Å². The molecule has 0 unspecified atom stereocenters. The number of hydrogen-bond donors (Lipinski definition) is 0.